The van der Waals surface area contributed by atoms with E-state index in [1.807, 2.05) is 0 Å². The molecule has 0 spiro atoms. The lowest BCUT2D eigenvalue weighted by Gasteiger charge is -2.45. The topological polar surface area (TPSA) is 61.8 Å². The van der Waals surface area contributed by atoms with Gasteiger partial charge in [0.1, 0.15) is 5.75 Å². The Morgan fingerprint density at radius 2 is 1.56 bits per heavy atom. The van der Waals surface area contributed by atoms with E-state index in [-0.39, 0.29) is 34.6 Å². The first kappa shape index (κ1) is 27.9. The van der Waals surface area contributed by atoms with Crippen LogP contribution in [0.2, 0.25) is 16.6 Å². The van der Waals surface area contributed by atoms with E-state index >= 15 is 0 Å². The number of rotatable bonds is 10. The predicted octanol–water partition coefficient (Wildman–Crippen LogP) is 7.01. The van der Waals surface area contributed by atoms with Crippen LogP contribution in [-0.4, -0.2) is 34.1 Å². The van der Waals surface area contributed by atoms with Gasteiger partial charge in [0.25, 0.3) is 0 Å². The molecular formula is C28H40O5Si. The van der Waals surface area contributed by atoms with Gasteiger partial charge in [-0.15, -0.1) is 5.92 Å². The summed E-state index contributed by atoms with van der Waals surface area (Å²) in [7, 11) is 0.664. The predicted molar refractivity (Wildman–Crippen MR) is 139 cm³/mol. The number of hydrogen-bond acceptors (Lipinski definition) is 5. The molecule has 0 N–H and O–H groups in total. The van der Waals surface area contributed by atoms with Gasteiger partial charge in [-0.2, -0.15) is 0 Å². The van der Waals surface area contributed by atoms with Crippen LogP contribution in [0.3, 0.4) is 0 Å². The number of ether oxygens (including phenoxy) is 2. The van der Waals surface area contributed by atoms with Gasteiger partial charge in [-0.1, -0.05) is 60.8 Å². The SMILES string of the molecule is CC#Cc1cc2c(c(OC)c1C(CCC)O[Si](C(C)C)(C(C)C)C(C)C)C(=O)C=C(OC)C2=O. The van der Waals surface area contributed by atoms with Crippen LogP contribution in [0.4, 0.5) is 0 Å². The molecule has 0 radical (unpaired) electrons. The molecule has 0 saturated carbocycles. The van der Waals surface area contributed by atoms with Gasteiger partial charge in [0.05, 0.1) is 25.9 Å². The number of ketones is 2. The van der Waals surface area contributed by atoms with Gasteiger partial charge in [0.2, 0.25) is 14.1 Å². The number of carbonyl (C=O) groups is 2. The zero-order chi connectivity index (χ0) is 25.8. The normalized spacial score (nSPS) is 14.7. The van der Waals surface area contributed by atoms with E-state index in [9.17, 15) is 9.59 Å². The fourth-order valence-electron chi connectivity index (χ4n) is 5.59. The fraction of sp³-hybridized carbons (Fsp3) is 0.571. The third-order valence-corrected chi connectivity index (χ3v) is 13.0. The molecule has 6 heteroatoms. The molecule has 0 heterocycles. The number of Topliss-reactive ketones (excluding diaryl/α,β-unsaturated/α-hetero) is 1. The molecule has 1 aromatic carbocycles. The smallest absolute Gasteiger partial charge is 0.228 e. The van der Waals surface area contributed by atoms with Crippen LogP contribution in [0.5, 0.6) is 5.75 Å². The third-order valence-electron chi connectivity index (χ3n) is 6.91. The van der Waals surface area contributed by atoms with Crippen molar-refractivity contribution in [3.8, 4) is 17.6 Å². The zero-order valence-corrected chi connectivity index (χ0v) is 23.4. The lowest BCUT2D eigenvalue weighted by Crippen LogP contribution is -2.48. The van der Waals surface area contributed by atoms with E-state index in [1.165, 1.54) is 20.3 Å². The minimum absolute atomic E-state index is 0.0231. The second kappa shape index (κ2) is 11.4. The number of methoxy groups -OCH3 is 2. The summed E-state index contributed by atoms with van der Waals surface area (Å²) in [6.07, 6.45) is 2.60. The summed E-state index contributed by atoms with van der Waals surface area (Å²) in [5.74, 6) is 5.89. The van der Waals surface area contributed by atoms with Crippen LogP contribution in [-0.2, 0) is 9.16 Å². The molecule has 5 nitrogen and oxygen atoms in total. The molecule has 0 aliphatic heterocycles. The minimum Gasteiger partial charge on any atom is -0.496 e. The van der Waals surface area contributed by atoms with Gasteiger partial charge in [-0.05, 0) is 36.0 Å². The summed E-state index contributed by atoms with van der Waals surface area (Å²) in [5, 5.41) is 0. The minimum atomic E-state index is -2.26. The standard InChI is InChI=1S/C28H40O5Si/c1-11-13-20-15-21-26(22(29)16-24(31-9)27(21)30)28(32-10)25(20)23(14-12-2)33-34(17(3)4,18(5)6)19(7)8/h15-19,23H,12,14H2,1-10H3. The summed E-state index contributed by atoms with van der Waals surface area (Å²) in [6.45, 7) is 17.4. The van der Waals surface area contributed by atoms with Crippen LogP contribution in [0.15, 0.2) is 17.9 Å². The molecule has 1 atom stereocenters. The Morgan fingerprint density at radius 3 is 2.00 bits per heavy atom. The van der Waals surface area contributed by atoms with Crippen LogP contribution in [0.25, 0.3) is 0 Å². The van der Waals surface area contributed by atoms with Crippen molar-refractivity contribution in [3.05, 3.63) is 40.2 Å². The first-order valence-corrected chi connectivity index (χ1v) is 14.4. The second-order valence-corrected chi connectivity index (χ2v) is 15.2. The molecular weight excluding hydrogens is 444 g/mol. The molecule has 1 aliphatic carbocycles. The summed E-state index contributed by atoms with van der Waals surface area (Å²) in [4.78, 5) is 26.2. The Morgan fingerprint density at radius 1 is 0.971 bits per heavy atom. The molecule has 0 saturated heterocycles. The van der Waals surface area contributed by atoms with E-state index < -0.39 is 8.32 Å². The lowest BCUT2D eigenvalue weighted by molar-refractivity contribution is 0.0914. The second-order valence-electron chi connectivity index (χ2n) is 9.79. The quantitative estimate of drug-likeness (QED) is 0.264. The van der Waals surface area contributed by atoms with E-state index in [1.54, 1.807) is 13.0 Å². The van der Waals surface area contributed by atoms with Crippen LogP contribution < -0.4 is 4.74 Å². The van der Waals surface area contributed by atoms with Crippen LogP contribution in [0, 0.1) is 11.8 Å². The van der Waals surface area contributed by atoms with Gasteiger partial charge in [-0.25, -0.2) is 0 Å². The summed E-state index contributed by atoms with van der Waals surface area (Å²) >= 11 is 0. The molecule has 1 unspecified atom stereocenters. The number of allylic oxidation sites excluding steroid dienone is 2. The van der Waals surface area contributed by atoms with Crippen molar-refractivity contribution < 1.29 is 23.5 Å². The van der Waals surface area contributed by atoms with Crippen molar-refractivity contribution in [2.24, 2.45) is 0 Å². The average Bonchev–Trinajstić information content (AvgIpc) is 2.77. The van der Waals surface area contributed by atoms with E-state index in [2.05, 4.69) is 60.3 Å². The Balaban J connectivity index is 2.89. The van der Waals surface area contributed by atoms with Crippen molar-refractivity contribution in [2.75, 3.05) is 14.2 Å². The van der Waals surface area contributed by atoms with Gasteiger partial charge in [-0.3, -0.25) is 9.59 Å². The van der Waals surface area contributed by atoms with Crippen molar-refractivity contribution >= 4 is 19.9 Å². The number of benzene rings is 1. The highest BCUT2D eigenvalue weighted by Crippen LogP contribution is 2.48. The van der Waals surface area contributed by atoms with E-state index in [4.69, 9.17) is 13.9 Å². The van der Waals surface area contributed by atoms with Crippen molar-refractivity contribution in [1.29, 1.82) is 0 Å². The molecule has 186 valence electrons. The summed E-state index contributed by atoms with van der Waals surface area (Å²) in [5.41, 5.74) is 3.14. The first-order valence-electron chi connectivity index (χ1n) is 12.2. The molecule has 0 fully saturated rings. The maximum absolute atomic E-state index is 13.1. The average molecular weight is 485 g/mol. The van der Waals surface area contributed by atoms with E-state index in [0.717, 1.165) is 18.4 Å². The Bertz CT molecular complexity index is 1000. The molecule has 1 aliphatic rings. The Hall–Kier alpha value is -2.36. The van der Waals surface area contributed by atoms with Crippen LogP contribution in [0.1, 0.15) is 106 Å². The fourth-order valence-corrected chi connectivity index (χ4v) is 11.1. The monoisotopic (exact) mass is 484 g/mol. The van der Waals surface area contributed by atoms with Crippen LogP contribution >= 0.6 is 0 Å². The highest BCUT2D eigenvalue weighted by molar-refractivity contribution is 6.77. The molecule has 0 bridgehead atoms. The maximum atomic E-state index is 13.1. The lowest BCUT2D eigenvalue weighted by atomic mass is 9.86. The van der Waals surface area contributed by atoms with E-state index in [0.29, 0.717) is 27.9 Å². The number of fused-ring (bicyclic) bond motifs is 1. The highest BCUT2D eigenvalue weighted by Gasteiger charge is 2.47. The zero-order valence-electron chi connectivity index (χ0n) is 22.4. The highest BCUT2D eigenvalue weighted by atomic mass is 28.4. The molecule has 0 aromatic heterocycles. The first-order chi connectivity index (χ1) is 16.0. The van der Waals surface area contributed by atoms with Crippen molar-refractivity contribution in [3.63, 3.8) is 0 Å². The van der Waals surface area contributed by atoms with Gasteiger partial charge in [0.15, 0.2) is 11.5 Å². The molecule has 0 amide bonds. The molecule has 2 rings (SSSR count). The number of carbonyl (C=O) groups excluding carboxylic acids is 2. The summed E-state index contributed by atoms with van der Waals surface area (Å²) in [6, 6.07) is 1.71. The van der Waals surface area contributed by atoms with Gasteiger partial charge >= 0.3 is 0 Å². The van der Waals surface area contributed by atoms with Gasteiger partial charge < -0.3 is 13.9 Å². The molecule has 1 aromatic rings. The molecule has 34 heavy (non-hydrogen) atoms. The van der Waals surface area contributed by atoms with Crippen molar-refractivity contribution in [1.82, 2.24) is 0 Å². The largest absolute Gasteiger partial charge is 0.496 e. The Kier molecular flexibility index (Phi) is 9.33. The third kappa shape index (κ3) is 4.87. The van der Waals surface area contributed by atoms with Crippen molar-refractivity contribution in [2.45, 2.75) is 91.0 Å². The Labute approximate surface area is 206 Å². The maximum Gasteiger partial charge on any atom is 0.228 e. The number of hydrogen-bond donors (Lipinski definition) is 0. The van der Waals surface area contributed by atoms with Gasteiger partial charge in [0, 0.05) is 22.8 Å². The summed E-state index contributed by atoms with van der Waals surface area (Å²) < 4.78 is 18.3.